The summed E-state index contributed by atoms with van der Waals surface area (Å²) < 4.78 is 1.70. The second-order valence-corrected chi connectivity index (χ2v) is 5.16. The Morgan fingerprint density at radius 3 is 2.65 bits per heavy atom. The third-order valence-corrected chi connectivity index (χ3v) is 3.22. The highest BCUT2D eigenvalue weighted by atomic mass is 35.5. The summed E-state index contributed by atoms with van der Waals surface area (Å²) in [4.78, 5) is 15.9. The Morgan fingerprint density at radius 1 is 1.50 bits per heavy atom. The van der Waals surface area contributed by atoms with Gasteiger partial charge in [-0.25, -0.2) is 0 Å². The number of hydrogen-bond donors (Lipinski definition) is 1. The van der Waals surface area contributed by atoms with Crippen molar-refractivity contribution in [3.8, 4) is 0 Å². The quantitative estimate of drug-likeness (QED) is 0.879. The molecule has 1 aromatic rings. The first-order valence-corrected chi connectivity index (χ1v) is 6.19. The number of carbonyl (C=O) groups is 1. The molecule has 1 unspecified atom stereocenters. The van der Waals surface area contributed by atoms with E-state index in [4.69, 9.17) is 5.73 Å². The standard InChI is InChI=1S/C12H21N5O.2ClH/c1-15(2)12(18)11-9(6-16(3)14-11)7-17-5-4-10(13)8-17;;/h6,10H,4-5,7-8,13H2,1-3H3;2*1H. The van der Waals surface area contributed by atoms with Crippen LogP contribution in [0.2, 0.25) is 0 Å². The Labute approximate surface area is 132 Å². The minimum atomic E-state index is -0.0471. The largest absolute Gasteiger partial charge is 0.343 e. The lowest BCUT2D eigenvalue weighted by atomic mass is 10.2. The van der Waals surface area contributed by atoms with E-state index in [2.05, 4.69) is 10.00 Å². The van der Waals surface area contributed by atoms with Crippen LogP contribution in [0.25, 0.3) is 0 Å². The molecule has 1 aliphatic rings. The number of rotatable bonds is 3. The van der Waals surface area contributed by atoms with Gasteiger partial charge in [-0.3, -0.25) is 14.4 Å². The van der Waals surface area contributed by atoms with Gasteiger partial charge in [0.25, 0.3) is 5.91 Å². The van der Waals surface area contributed by atoms with Crippen LogP contribution in [0.1, 0.15) is 22.5 Å². The predicted molar refractivity (Wildman–Crippen MR) is 83.6 cm³/mol. The Balaban J connectivity index is 0.00000180. The highest BCUT2D eigenvalue weighted by Gasteiger charge is 2.23. The van der Waals surface area contributed by atoms with Crippen molar-refractivity contribution >= 4 is 30.7 Å². The van der Waals surface area contributed by atoms with E-state index in [0.717, 1.165) is 31.6 Å². The van der Waals surface area contributed by atoms with E-state index in [1.807, 2.05) is 13.2 Å². The number of amides is 1. The molecule has 6 nitrogen and oxygen atoms in total. The molecule has 8 heteroatoms. The number of carbonyl (C=O) groups excluding carboxylic acids is 1. The van der Waals surface area contributed by atoms with Crippen molar-refractivity contribution in [3.63, 3.8) is 0 Å². The number of likely N-dealkylation sites (tertiary alicyclic amines) is 1. The normalized spacial score (nSPS) is 18.3. The van der Waals surface area contributed by atoms with Crippen molar-refractivity contribution in [2.75, 3.05) is 27.2 Å². The zero-order valence-electron chi connectivity index (χ0n) is 12.1. The fourth-order valence-corrected chi connectivity index (χ4v) is 2.29. The van der Waals surface area contributed by atoms with Crippen molar-refractivity contribution in [1.29, 1.82) is 0 Å². The van der Waals surface area contributed by atoms with Crippen LogP contribution in [0.15, 0.2) is 6.20 Å². The lowest BCUT2D eigenvalue weighted by Crippen LogP contribution is -2.28. The summed E-state index contributed by atoms with van der Waals surface area (Å²) >= 11 is 0. The Hall–Kier alpha value is -0.820. The number of nitrogens with two attached hydrogens (primary N) is 1. The van der Waals surface area contributed by atoms with Gasteiger partial charge in [0, 0.05) is 58.6 Å². The lowest BCUT2D eigenvalue weighted by Gasteiger charge is -2.15. The second-order valence-electron chi connectivity index (χ2n) is 5.16. The highest BCUT2D eigenvalue weighted by Crippen LogP contribution is 2.15. The molecule has 0 aliphatic carbocycles. The molecule has 20 heavy (non-hydrogen) atoms. The van der Waals surface area contributed by atoms with Gasteiger partial charge in [0.05, 0.1) is 0 Å². The Kier molecular flexibility index (Phi) is 7.51. The molecule has 1 fully saturated rings. The number of aromatic nitrogens is 2. The second kappa shape index (κ2) is 7.83. The SMILES string of the molecule is CN(C)C(=O)c1nn(C)cc1CN1CCC(N)C1.Cl.Cl. The molecular weight excluding hydrogens is 301 g/mol. The number of aryl methyl sites for hydroxylation is 1. The maximum Gasteiger partial charge on any atom is 0.274 e. The zero-order chi connectivity index (χ0) is 13.3. The van der Waals surface area contributed by atoms with Gasteiger partial charge >= 0.3 is 0 Å². The van der Waals surface area contributed by atoms with E-state index >= 15 is 0 Å². The molecule has 1 saturated heterocycles. The van der Waals surface area contributed by atoms with E-state index in [1.54, 1.807) is 23.7 Å². The molecule has 2 heterocycles. The summed E-state index contributed by atoms with van der Waals surface area (Å²) in [7, 11) is 5.32. The summed E-state index contributed by atoms with van der Waals surface area (Å²) in [5, 5.41) is 4.26. The molecular formula is C12H23Cl2N5O. The molecule has 0 spiro atoms. The average molecular weight is 324 g/mol. The molecule has 0 saturated carbocycles. The molecule has 0 bridgehead atoms. The minimum absolute atomic E-state index is 0. The smallest absolute Gasteiger partial charge is 0.274 e. The van der Waals surface area contributed by atoms with Crippen LogP contribution in [0, 0.1) is 0 Å². The van der Waals surface area contributed by atoms with Crippen molar-refractivity contribution in [3.05, 3.63) is 17.5 Å². The summed E-state index contributed by atoms with van der Waals surface area (Å²) in [6.45, 7) is 2.63. The van der Waals surface area contributed by atoms with Crippen molar-refractivity contribution in [1.82, 2.24) is 19.6 Å². The summed E-state index contributed by atoms with van der Waals surface area (Å²) in [5.41, 5.74) is 7.41. The Morgan fingerprint density at radius 2 is 2.15 bits per heavy atom. The van der Waals surface area contributed by atoms with Crippen LogP contribution >= 0.6 is 24.8 Å². The summed E-state index contributed by atoms with van der Waals surface area (Å²) in [5.74, 6) is -0.0471. The first kappa shape index (κ1) is 19.2. The molecule has 1 atom stereocenters. The van der Waals surface area contributed by atoms with Crippen molar-refractivity contribution in [2.24, 2.45) is 12.8 Å². The highest BCUT2D eigenvalue weighted by molar-refractivity contribution is 5.93. The number of hydrogen-bond acceptors (Lipinski definition) is 4. The van der Waals surface area contributed by atoms with Gasteiger partial charge in [-0.2, -0.15) is 5.10 Å². The molecule has 1 aliphatic heterocycles. The zero-order valence-corrected chi connectivity index (χ0v) is 13.7. The van der Waals surface area contributed by atoms with Crippen molar-refractivity contribution in [2.45, 2.75) is 19.0 Å². The van der Waals surface area contributed by atoms with Gasteiger partial charge in [0.2, 0.25) is 0 Å². The first-order chi connectivity index (χ1) is 8.47. The average Bonchev–Trinajstić information content (AvgIpc) is 2.84. The third kappa shape index (κ3) is 4.34. The summed E-state index contributed by atoms with van der Waals surface area (Å²) in [6.07, 6.45) is 2.94. The monoisotopic (exact) mass is 323 g/mol. The van der Waals surface area contributed by atoms with E-state index in [9.17, 15) is 4.79 Å². The van der Waals surface area contributed by atoms with Gasteiger partial charge < -0.3 is 10.6 Å². The van der Waals surface area contributed by atoms with E-state index in [-0.39, 0.29) is 36.8 Å². The van der Waals surface area contributed by atoms with Gasteiger partial charge in [0.15, 0.2) is 5.69 Å². The van der Waals surface area contributed by atoms with E-state index in [0.29, 0.717) is 5.69 Å². The molecule has 116 valence electrons. The number of nitrogens with zero attached hydrogens (tertiary/aromatic N) is 4. The molecule has 2 N–H and O–H groups in total. The molecule has 1 amide bonds. The maximum absolute atomic E-state index is 12.0. The van der Waals surface area contributed by atoms with Gasteiger partial charge in [-0.15, -0.1) is 24.8 Å². The van der Waals surface area contributed by atoms with Crippen LogP contribution in [-0.4, -0.2) is 58.7 Å². The maximum atomic E-state index is 12.0. The molecule has 0 aromatic carbocycles. The molecule has 2 rings (SSSR count). The van der Waals surface area contributed by atoms with Crippen LogP contribution in [0.5, 0.6) is 0 Å². The van der Waals surface area contributed by atoms with Gasteiger partial charge in [-0.1, -0.05) is 0 Å². The Bertz CT molecular complexity index is 449. The van der Waals surface area contributed by atoms with Gasteiger partial charge in [0.1, 0.15) is 0 Å². The van der Waals surface area contributed by atoms with Crippen molar-refractivity contribution < 1.29 is 4.79 Å². The van der Waals surface area contributed by atoms with Crippen LogP contribution < -0.4 is 5.73 Å². The van der Waals surface area contributed by atoms with Crippen LogP contribution in [0.3, 0.4) is 0 Å². The fourth-order valence-electron chi connectivity index (χ4n) is 2.29. The van der Waals surface area contributed by atoms with Gasteiger partial charge in [-0.05, 0) is 6.42 Å². The van der Waals surface area contributed by atoms with Crippen LogP contribution in [0.4, 0.5) is 0 Å². The topological polar surface area (TPSA) is 67.4 Å². The molecule has 0 radical (unpaired) electrons. The molecule has 1 aromatic heterocycles. The third-order valence-electron chi connectivity index (χ3n) is 3.22. The van der Waals surface area contributed by atoms with E-state index in [1.165, 1.54) is 0 Å². The number of halogens is 2. The van der Waals surface area contributed by atoms with Crippen LogP contribution in [-0.2, 0) is 13.6 Å². The van der Waals surface area contributed by atoms with E-state index < -0.39 is 0 Å². The fraction of sp³-hybridized carbons (Fsp3) is 0.667. The first-order valence-electron chi connectivity index (χ1n) is 6.19. The lowest BCUT2D eigenvalue weighted by molar-refractivity contribution is 0.0819. The summed E-state index contributed by atoms with van der Waals surface area (Å²) in [6, 6.07) is 0.259. The minimum Gasteiger partial charge on any atom is -0.343 e. The predicted octanol–water partition coefficient (Wildman–Crippen LogP) is 0.498.